The Balaban J connectivity index is 1.91. The SMILES string of the molecule is C[C@@H](c1ccc(S(C)(=O)=O)cc1)N(C)C(=O)C(c1ccccc1)c1ccccc1. The molecule has 3 aromatic carbocycles. The lowest BCUT2D eigenvalue weighted by Crippen LogP contribution is -2.34. The number of likely N-dealkylation sites (N-methyl/N-ethyl adjacent to an activating group) is 1. The first-order valence-corrected chi connectivity index (χ1v) is 11.3. The highest BCUT2D eigenvalue weighted by Gasteiger charge is 2.28. The molecule has 0 unspecified atom stereocenters. The molecular formula is C24H25NO3S. The Bertz CT molecular complexity index is 1020. The maximum absolute atomic E-state index is 13.5. The highest BCUT2D eigenvalue weighted by Crippen LogP contribution is 2.30. The van der Waals surface area contributed by atoms with Gasteiger partial charge in [-0.2, -0.15) is 0 Å². The van der Waals surface area contributed by atoms with Crippen LogP contribution in [0.3, 0.4) is 0 Å². The summed E-state index contributed by atoms with van der Waals surface area (Å²) in [6.07, 6.45) is 1.19. The zero-order chi connectivity index (χ0) is 21.0. The standard InChI is InChI=1S/C24H25NO3S/c1-18(19-14-16-22(17-15-19)29(3,27)28)25(2)24(26)23(20-10-6-4-7-11-20)21-12-8-5-9-13-21/h4-18,23H,1-3H3/t18-/m0/s1. The first kappa shape index (κ1) is 20.8. The van der Waals surface area contributed by atoms with E-state index in [9.17, 15) is 13.2 Å². The Morgan fingerprint density at radius 1 is 0.759 bits per heavy atom. The van der Waals surface area contributed by atoms with Gasteiger partial charge in [-0.05, 0) is 35.7 Å². The number of benzene rings is 3. The molecule has 0 aliphatic rings. The molecular weight excluding hydrogens is 382 g/mol. The van der Waals surface area contributed by atoms with Crippen molar-refractivity contribution in [2.45, 2.75) is 23.8 Å². The summed E-state index contributed by atoms with van der Waals surface area (Å²) in [4.78, 5) is 15.5. The second-order valence-electron chi connectivity index (χ2n) is 7.22. The van der Waals surface area contributed by atoms with Crippen molar-refractivity contribution >= 4 is 15.7 Å². The minimum absolute atomic E-state index is 0.0120. The number of sulfone groups is 1. The normalized spacial score (nSPS) is 12.6. The number of nitrogens with zero attached hydrogens (tertiary/aromatic N) is 1. The maximum Gasteiger partial charge on any atom is 0.234 e. The third-order valence-corrected chi connectivity index (χ3v) is 6.36. The summed E-state index contributed by atoms with van der Waals surface area (Å²) in [6, 6.07) is 26.0. The van der Waals surface area contributed by atoms with Crippen LogP contribution < -0.4 is 0 Å². The Morgan fingerprint density at radius 2 is 1.21 bits per heavy atom. The van der Waals surface area contributed by atoms with E-state index in [2.05, 4.69) is 0 Å². The first-order chi connectivity index (χ1) is 13.8. The van der Waals surface area contributed by atoms with Crippen molar-refractivity contribution in [1.82, 2.24) is 4.90 Å². The van der Waals surface area contributed by atoms with Crippen LogP contribution in [0.25, 0.3) is 0 Å². The number of carbonyl (C=O) groups excluding carboxylic acids is 1. The largest absolute Gasteiger partial charge is 0.338 e. The molecule has 0 N–H and O–H groups in total. The fourth-order valence-electron chi connectivity index (χ4n) is 3.38. The minimum atomic E-state index is -3.25. The molecule has 1 amide bonds. The van der Waals surface area contributed by atoms with Crippen LogP contribution >= 0.6 is 0 Å². The van der Waals surface area contributed by atoms with Crippen molar-refractivity contribution in [3.05, 3.63) is 102 Å². The molecule has 150 valence electrons. The van der Waals surface area contributed by atoms with Gasteiger partial charge < -0.3 is 4.90 Å². The van der Waals surface area contributed by atoms with E-state index >= 15 is 0 Å². The molecule has 0 aromatic heterocycles. The molecule has 0 saturated carbocycles. The molecule has 3 rings (SSSR count). The smallest absolute Gasteiger partial charge is 0.234 e. The molecule has 3 aromatic rings. The van der Waals surface area contributed by atoms with E-state index in [1.807, 2.05) is 67.6 Å². The summed E-state index contributed by atoms with van der Waals surface area (Å²) in [6.45, 7) is 1.94. The maximum atomic E-state index is 13.5. The summed E-state index contributed by atoms with van der Waals surface area (Å²) in [5.41, 5.74) is 2.76. The molecule has 0 aliphatic heterocycles. The van der Waals surface area contributed by atoms with Gasteiger partial charge in [0.15, 0.2) is 9.84 Å². The van der Waals surface area contributed by atoms with Crippen molar-refractivity contribution in [1.29, 1.82) is 0 Å². The number of hydrogen-bond acceptors (Lipinski definition) is 3. The van der Waals surface area contributed by atoms with Gasteiger partial charge in [-0.15, -0.1) is 0 Å². The summed E-state index contributed by atoms with van der Waals surface area (Å²) < 4.78 is 23.4. The fourth-order valence-corrected chi connectivity index (χ4v) is 4.01. The first-order valence-electron chi connectivity index (χ1n) is 9.45. The zero-order valence-electron chi connectivity index (χ0n) is 16.8. The van der Waals surface area contributed by atoms with Crippen LogP contribution in [0.15, 0.2) is 89.8 Å². The van der Waals surface area contributed by atoms with Crippen molar-refractivity contribution < 1.29 is 13.2 Å². The molecule has 0 aliphatic carbocycles. The van der Waals surface area contributed by atoms with Gasteiger partial charge in [0.1, 0.15) is 0 Å². The Morgan fingerprint density at radius 3 is 1.62 bits per heavy atom. The predicted octanol–water partition coefficient (Wildman–Crippen LogP) is 4.44. The van der Waals surface area contributed by atoms with Crippen LogP contribution in [0.1, 0.15) is 35.6 Å². The molecule has 5 heteroatoms. The van der Waals surface area contributed by atoms with Gasteiger partial charge in [0, 0.05) is 13.3 Å². The van der Waals surface area contributed by atoms with Crippen LogP contribution in [0.5, 0.6) is 0 Å². The van der Waals surface area contributed by atoms with Crippen LogP contribution in [-0.4, -0.2) is 32.5 Å². The third-order valence-electron chi connectivity index (χ3n) is 5.23. The van der Waals surface area contributed by atoms with Gasteiger partial charge in [-0.25, -0.2) is 8.42 Å². The van der Waals surface area contributed by atoms with E-state index in [4.69, 9.17) is 0 Å². The monoisotopic (exact) mass is 407 g/mol. The van der Waals surface area contributed by atoms with Crippen molar-refractivity contribution in [3.8, 4) is 0 Å². The van der Waals surface area contributed by atoms with Crippen LogP contribution in [0, 0.1) is 0 Å². The lowest BCUT2D eigenvalue weighted by molar-refractivity contribution is -0.132. The zero-order valence-corrected chi connectivity index (χ0v) is 17.6. The topological polar surface area (TPSA) is 54.5 Å². The Hall–Kier alpha value is -2.92. The molecule has 4 nitrogen and oxygen atoms in total. The van der Waals surface area contributed by atoms with Crippen LogP contribution in [0.2, 0.25) is 0 Å². The van der Waals surface area contributed by atoms with Gasteiger partial charge in [0.25, 0.3) is 0 Å². The lowest BCUT2D eigenvalue weighted by atomic mass is 9.89. The van der Waals surface area contributed by atoms with Crippen molar-refractivity contribution in [2.24, 2.45) is 0 Å². The van der Waals surface area contributed by atoms with Crippen molar-refractivity contribution in [2.75, 3.05) is 13.3 Å². The Labute approximate surface area is 172 Å². The van der Waals surface area contributed by atoms with Gasteiger partial charge in [0.05, 0.1) is 16.9 Å². The second-order valence-corrected chi connectivity index (χ2v) is 9.24. The highest BCUT2D eigenvalue weighted by molar-refractivity contribution is 7.90. The number of carbonyl (C=O) groups is 1. The highest BCUT2D eigenvalue weighted by atomic mass is 32.2. The van der Waals surface area contributed by atoms with Gasteiger partial charge >= 0.3 is 0 Å². The van der Waals surface area contributed by atoms with Gasteiger partial charge in [-0.3, -0.25) is 4.79 Å². The lowest BCUT2D eigenvalue weighted by Gasteiger charge is -2.30. The third kappa shape index (κ3) is 4.74. The molecule has 0 radical (unpaired) electrons. The molecule has 0 heterocycles. The predicted molar refractivity (Wildman–Crippen MR) is 115 cm³/mol. The number of amides is 1. The summed E-state index contributed by atoms with van der Waals surface area (Å²) in [5, 5.41) is 0. The van der Waals surface area contributed by atoms with E-state index in [0.717, 1.165) is 16.7 Å². The van der Waals surface area contributed by atoms with Crippen LogP contribution in [0.4, 0.5) is 0 Å². The molecule has 0 saturated heterocycles. The minimum Gasteiger partial charge on any atom is -0.338 e. The average molecular weight is 408 g/mol. The fraction of sp³-hybridized carbons (Fsp3) is 0.208. The second kappa shape index (κ2) is 8.62. The summed E-state index contributed by atoms with van der Waals surface area (Å²) >= 11 is 0. The van der Waals surface area contributed by atoms with E-state index in [-0.39, 0.29) is 16.8 Å². The van der Waals surface area contributed by atoms with E-state index < -0.39 is 15.8 Å². The van der Waals surface area contributed by atoms with Gasteiger partial charge in [0.2, 0.25) is 5.91 Å². The van der Waals surface area contributed by atoms with Crippen molar-refractivity contribution in [3.63, 3.8) is 0 Å². The molecule has 0 spiro atoms. The number of hydrogen-bond donors (Lipinski definition) is 0. The molecule has 1 atom stereocenters. The van der Waals surface area contributed by atoms with E-state index in [1.54, 1.807) is 36.2 Å². The molecule has 0 bridgehead atoms. The molecule has 29 heavy (non-hydrogen) atoms. The average Bonchev–Trinajstić information content (AvgIpc) is 2.74. The van der Waals surface area contributed by atoms with Crippen LogP contribution in [-0.2, 0) is 14.6 Å². The summed E-state index contributed by atoms with van der Waals surface area (Å²) in [7, 11) is -1.46. The molecule has 0 fully saturated rings. The van der Waals surface area contributed by atoms with E-state index in [1.165, 1.54) is 6.26 Å². The Kier molecular flexibility index (Phi) is 6.18. The van der Waals surface area contributed by atoms with Gasteiger partial charge in [-0.1, -0.05) is 72.8 Å². The quantitative estimate of drug-likeness (QED) is 0.607. The van der Waals surface area contributed by atoms with E-state index in [0.29, 0.717) is 0 Å². The summed E-state index contributed by atoms with van der Waals surface area (Å²) in [5.74, 6) is -0.415. The number of rotatable bonds is 6.